The summed E-state index contributed by atoms with van der Waals surface area (Å²) < 4.78 is 0. The highest BCUT2D eigenvalue weighted by Crippen LogP contribution is 2.64. The second-order valence-electron chi connectivity index (χ2n) is 34.1. The van der Waals surface area contributed by atoms with Crippen molar-refractivity contribution in [2.75, 3.05) is 0 Å². The molecule has 0 atom stereocenters. The molecule has 2 spiro atoms. The molecule has 0 amide bonds. The van der Waals surface area contributed by atoms with Crippen LogP contribution in [0.25, 0.3) is 201 Å². The van der Waals surface area contributed by atoms with Crippen molar-refractivity contribution in [1.29, 1.82) is 0 Å². The topological polar surface area (TPSA) is 51.6 Å². The lowest BCUT2D eigenvalue weighted by Gasteiger charge is -2.35. The van der Waals surface area contributed by atoms with E-state index >= 15 is 0 Å². The first-order valence-corrected chi connectivity index (χ1v) is 44.1. The van der Waals surface area contributed by atoms with E-state index < -0.39 is 10.8 Å². The molecule has 21 aromatic rings. The zero-order valence-electron chi connectivity index (χ0n) is 69.8. The molecule has 594 valence electrons. The normalized spacial score (nSPS) is 12.8. The van der Waals surface area contributed by atoms with Gasteiger partial charge in [0.2, 0.25) is 0 Å². The number of rotatable bonds is 12. The van der Waals surface area contributed by atoms with Crippen LogP contribution in [0.3, 0.4) is 0 Å². The van der Waals surface area contributed by atoms with Gasteiger partial charge in [-0.05, 0) is 239 Å². The first-order chi connectivity index (χ1) is 63.4. The maximum atomic E-state index is 5.79. The van der Waals surface area contributed by atoms with Crippen LogP contribution in [0.15, 0.2) is 473 Å². The third-order valence-electron chi connectivity index (χ3n) is 27.2. The molecule has 0 radical (unpaired) electrons. The highest BCUT2D eigenvalue weighted by atomic mass is 14.9. The smallest absolute Gasteiger partial charge is 0.160 e. The first-order valence-electron chi connectivity index (χ1n) is 44.1. The Kier molecular flexibility index (Phi) is 17.4. The average molecular weight is 1620 g/mol. The minimum atomic E-state index is -0.780. The molecule has 2 heterocycles. The minimum Gasteiger partial charge on any atom is -0.228 e. The van der Waals surface area contributed by atoms with Gasteiger partial charge >= 0.3 is 0 Å². The predicted molar refractivity (Wildman–Crippen MR) is 526 cm³/mol. The van der Waals surface area contributed by atoms with Gasteiger partial charge in [0.05, 0.1) is 33.6 Å². The van der Waals surface area contributed by atoms with Crippen LogP contribution < -0.4 is 0 Å². The lowest BCUT2D eigenvalue weighted by atomic mass is 9.65. The van der Waals surface area contributed by atoms with Gasteiger partial charge in [0, 0.05) is 33.4 Å². The molecule has 0 fully saturated rings. The molecule has 0 bridgehead atoms. The van der Waals surface area contributed by atoms with Crippen molar-refractivity contribution in [3.05, 3.63) is 518 Å². The number of fused-ring (bicyclic) bond motifs is 24. The molecular weight excluding hydrogens is 1550 g/mol. The van der Waals surface area contributed by atoms with Crippen LogP contribution in [0.2, 0.25) is 0 Å². The van der Waals surface area contributed by atoms with Crippen LogP contribution in [-0.2, 0) is 10.8 Å². The van der Waals surface area contributed by atoms with E-state index in [1.165, 1.54) is 94.6 Å². The molecule has 4 aliphatic rings. The number of aromatic nitrogens is 4. The van der Waals surface area contributed by atoms with Crippen LogP contribution >= 0.6 is 0 Å². The minimum absolute atomic E-state index is 0.634. The maximum absolute atomic E-state index is 5.79. The number of hydrogen-bond acceptors (Lipinski definition) is 4. The van der Waals surface area contributed by atoms with Crippen molar-refractivity contribution in [2.45, 2.75) is 10.8 Å². The second-order valence-corrected chi connectivity index (χ2v) is 34.1. The zero-order valence-corrected chi connectivity index (χ0v) is 69.8. The summed E-state index contributed by atoms with van der Waals surface area (Å²) in [5.74, 6) is 1.28. The van der Waals surface area contributed by atoms with Gasteiger partial charge in [-0.1, -0.05) is 413 Å². The van der Waals surface area contributed by atoms with Crippen LogP contribution in [0.5, 0.6) is 0 Å². The second kappa shape index (κ2) is 30.1. The molecule has 4 nitrogen and oxygen atoms in total. The van der Waals surface area contributed by atoms with E-state index in [2.05, 4.69) is 473 Å². The van der Waals surface area contributed by atoms with E-state index in [9.17, 15) is 0 Å². The van der Waals surface area contributed by atoms with Gasteiger partial charge in [-0.25, -0.2) is 19.9 Å². The third kappa shape index (κ3) is 12.0. The Morgan fingerprint density at radius 1 is 0.109 bits per heavy atom. The summed E-state index contributed by atoms with van der Waals surface area (Å²) in [4.78, 5) is 22.9. The summed E-state index contributed by atoms with van der Waals surface area (Å²) in [7, 11) is 0. The van der Waals surface area contributed by atoms with Gasteiger partial charge < -0.3 is 0 Å². The fraction of sp³-hybridized carbons (Fsp3) is 0.0161. The Bertz CT molecular complexity index is 7880. The van der Waals surface area contributed by atoms with Crippen LogP contribution in [0.1, 0.15) is 44.5 Å². The van der Waals surface area contributed by atoms with Crippen LogP contribution in [-0.4, -0.2) is 19.9 Å². The van der Waals surface area contributed by atoms with Crippen molar-refractivity contribution < 1.29 is 0 Å². The maximum Gasteiger partial charge on any atom is 0.160 e. The largest absolute Gasteiger partial charge is 0.228 e. The SMILES string of the molecule is c1ccc(-c2ccc(-c3cc(-c4cccc(-c5cccc(-c6ccc7c(c6)-c6ccc(-c8nc(-c9ccc(-c%10ccccc%10)cc9)cc(-c9cc(-c%10ccccc%10)cc(-c%10ccccc%10)c9)n8)cc6C6(c8ccccc8-7)c7ccccc7-c7ccccc76)c5)c4)nc(-c4ccc5c(c4)C4(c6ccccc6-c6ccccc6-5)c5ccccc5-c5ccccc54)n3)cc2)cc1. The third-order valence-corrected chi connectivity index (χ3v) is 27.2. The van der Waals surface area contributed by atoms with Crippen molar-refractivity contribution in [1.82, 2.24) is 19.9 Å². The van der Waals surface area contributed by atoms with Crippen molar-refractivity contribution in [3.8, 4) is 201 Å². The van der Waals surface area contributed by atoms with Gasteiger partial charge in [-0.15, -0.1) is 0 Å². The highest BCUT2D eigenvalue weighted by Gasteiger charge is 2.52. The molecule has 128 heavy (non-hydrogen) atoms. The Balaban J connectivity index is 0.642. The lowest BCUT2D eigenvalue weighted by Crippen LogP contribution is -2.29. The van der Waals surface area contributed by atoms with E-state index in [0.717, 1.165) is 140 Å². The molecule has 0 aliphatic heterocycles. The Morgan fingerprint density at radius 3 is 0.711 bits per heavy atom. The Hall–Kier alpha value is -16.7. The molecule has 0 N–H and O–H groups in total. The summed E-state index contributed by atoms with van der Waals surface area (Å²) >= 11 is 0. The summed E-state index contributed by atoms with van der Waals surface area (Å²) in [6, 6.07) is 174. The summed E-state index contributed by atoms with van der Waals surface area (Å²) in [5, 5.41) is 0. The molecule has 0 saturated carbocycles. The van der Waals surface area contributed by atoms with Crippen molar-refractivity contribution >= 4 is 0 Å². The number of benzene rings is 19. The fourth-order valence-corrected chi connectivity index (χ4v) is 21.4. The molecule has 19 aromatic carbocycles. The Labute approximate surface area is 744 Å². The van der Waals surface area contributed by atoms with E-state index in [1.807, 2.05) is 0 Å². The monoisotopic (exact) mass is 1620 g/mol. The van der Waals surface area contributed by atoms with Crippen LogP contribution in [0, 0.1) is 0 Å². The summed E-state index contributed by atoms with van der Waals surface area (Å²) in [6.45, 7) is 0. The molecule has 25 rings (SSSR count). The summed E-state index contributed by atoms with van der Waals surface area (Å²) in [6.07, 6.45) is 0. The van der Waals surface area contributed by atoms with Crippen molar-refractivity contribution in [3.63, 3.8) is 0 Å². The first kappa shape index (κ1) is 74.0. The van der Waals surface area contributed by atoms with Crippen LogP contribution in [0.4, 0.5) is 0 Å². The summed E-state index contributed by atoms with van der Waals surface area (Å²) in [5.41, 5.74) is 45.4. The molecule has 4 heteroatoms. The zero-order chi connectivity index (χ0) is 84.4. The van der Waals surface area contributed by atoms with Gasteiger partial charge in [0.15, 0.2) is 11.6 Å². The van der Waals surface area contributed by atoms with E-state index in [0.29, 0.717) is 11.6 Å². The van der Waals surface area contributed by atoms with Crippen molar-refractivity contribution in [2.24, 2.45) is 0 Å². The standard InChI is InChI=1S/C124H78N4/c1-5-29-79(30-6-1)83-55-59-85(60-56-83)117-77-119(127-121(125-117)92-64-67-106-98-42-14-13-41-97(98)100-43-15-21-49-109(100)123(115(106)75-92)111-51-23-17-45-102(111)103-46-18-24-52-112(103)123)91-40-28-39-89(70-91)87-37-27-38-88(69-87)90-63-66-99-101-44-16-22-50-110(101)124(113-53-25-19-47-104(113)105-48-20-26-54-114(105)124)116-76-93(65-68-107(116)108(99)74-90)122-126-118(86-61-57-84(58-62-86)80-31-7-2-8-32-80)78-120(128-122)96-72-94(81-33-9-3-10-34-81)71-95(73-96)82-35-11-4-12-36-82/h1-78H. The van der Waals surface area contributed by atoms with Gasteiger partial charge in [-0.2, -0.15) is 0 Å². The molecule has 2 aromatic heterocycles. The van der Waals surface area contributed by atoms with E-state index in [4.69, 9.17) is 19.9 Å². The van der Waals surface area contributed by atoms with Gasteiger partial charge in [-0.3, -0.25) is 0 Å². The Morgan fingerprint density at radius 2 is 0.328 bits per heavy atom. The predicted octanol–water partition coefficient (Wildman–Crippen LogP) is 31.3. The lowest BCUT2D eigenvalue weighted by molar-refractivity contribution is 0.775. The molecule has 0 unspecified atom stereocenters. The van der Waals surface area contributed by atoms with Gasteiger partial charge in [0.1, 0.15) is 0 Å². The van der Waals surface area contributed by atoms with Gasteiger partial charge in [0.25, 0.3) is 0 Å². The molecule has 4 aliphatic carbocycles. The molecular formula is C124H78N4. The quantitative estimate of drug-likeness (QED) is 0.122. The van der Waals surface area contributed by atoms with E-state index in [-0.39, 0.29) is 0 Å². The average Bonchev–Trinajstić information content (AvgIpc) is 1.52. The number of hydrogen-bond donors (Lipinski definition) is 0. The van der Waals surface area contributed by atoms with E-state index in [1.54, 1.807) is 0 Å². The molecule has 0 saturated heterocycles. The number of nitrogens with zero attached hydrogens (tertiary/aromatic N) is 4. The fourth-order valence-electron chi connectivity index (χ4n) is 21.4. The highest BCUT2D eigenvalue weighted by molar-refractivity contribution is 6.02.